The SMILES string of the molecule is CCCC[IH]O[C@H](C(=O)OC)c1c(C)c(NC[C@@H]2CCCN2)c(Br)c(C)c1-c1ccc(C)cc1. The molecule has 0 bridgehead atoms. The van der Waals surface area contributed by atoms with E-state index in [0.29, 0.717) is 6.04 Å². The Labute approximate surface area is 223 Å². The van der Waals surface area contributed by atoms with Crippen molar-refractivity contribution in [1.29, 1.82) is 0 Å². The van der Waals surface area contributed by atoms with Gasteiger partial charge in [-0.3, -0.25) is 0 Å². The van der Waals surface area contributed by atoms with Crippen molar-refractivity contribution in [2.75, 3.05) is 29.9 Å². The predicted molar refractivity (Wildman–Crippen MR) is 154 cm³/mol. The van der Waals surface area contributed by atoms with Gasteiger partial charge in [0.05, 0.1) is 0 Å². The van der Waals surface area contributed by atoms with Crippen molar-refractivity contribution < 1.29 is 12.6 Å². The third-order valence-electron chi connectivity index (χ3n) is 6.42. The van der Waals surface area contributed by atoms with Crippen molar-refractivity contribution in [3.63, 3.8) is 0 Å². The van der Waals surface area contributed by atoms with Gasteiger partial charge in [0, 0.05) is 0 Å². The number of halogens is 2. The average molecular weight is 645 g/mol. The predicted octanol–water partition coefficient (Wildman–Crippen LogP) is 6.85. The van der Waals surface area contributed by atoms with Crippen LogP contribution in [0.5, 0.6) is 0 Å². The molecule has 1 heterocycles. The summed E-state index contributed by atoms with van der Waals surface area (Å²) in [6.07, 6.45) is 3.92. The summed E-state index contributed by atoms with van der Waals surface area (Å²) in [5.74, 6) is -0.330. The molecular formula is C27H38BrIN2O3. The molecule has 1 aliphatic heterocycles. The maximum atomic E-state index is 13.1. The van der Waals surface area contributed by atoms with Crippen molar-refractivity contribution in [1.82, 2.24) is 5.32 Å². The van der Waals surface area contributed by atoms with E-state index in [2.05, 4.69) is 78.5 Å². The van der Waals surface area contributed by atoms with Crippen molar-refractivity contribution >= 4 is 49.2 Å². The molecule has 1 saturated heterocycles. The van der Waals surface area contributed by atoms with Crippen molar-refractivity contribution in [3.05, 3.63) is 51.0 Å². The number of hydrogen-bond donors (Lipinski definition) is 2. The number of nitrogens with one attached hydrogen (secondary N) is 2. The fourth-order valence-corrected chi connectivity index (χ4v) is 7.36. The Balaban J connectivity index is 2.12. The number of esters is 1. The van der Waals surface area contributed by atoms with E-state index in [4.69, 9.17) is 7.80 Å². The Morgan fingerprint density at radius 3 is 2.59 bits per heavy atom. The number of unbranched alkanes of at least 4 members (excludes halogenated alkanes) is 1. The second-order valence-corrected chi connectivity index (χ2v) is 12.1. The third kappa shape index (κ3) is 6.53. The molecule has 0 aliphatic carbocycles. The normalized spacial score (nSPS) is 16.6. The number of ether oxygens (including phenoxy) is 1. The van der Waals surface area contributed by atoms with Crippen LogP contribution in [0.2, 0.25) is 0 Å². The maximum absolute atomic E-state index is 13.1. The van der Waals surface area contributed by atoms with Gasteiger partial charge in [-0.05, 0) is 0 Å². The Morgan fingerprint density at radius 1 is 1.24 bits per heavy atom. The zero-order valence-electron chi connectivity index (χ0n) is 20.9. The molecule has 0 aromatic heterocycles. The molecule has 2 aromatic rings. The summed E-state index contributed by atoms with van der Waals surface area (Å²) in [6.45, 7) is 10.4. The van der Waals surface area contributed by atoms with Crippen LogP contribution in [-0.4, -0.2) is 36.6 Å². The Morgan fingerprint density at radius 2 is 1.97 bits per heavy atom. The van der Waals surface area contributed by atoms with Gasteiger partial charge in [-0.25, -0.2) is 0 Å². The van der Waals surface area contributed by atoms with Crippen molar-refractivity contribution in [2.24, 2.45) is 0 Å². The van der Waals surface area contributed by atoms with E-state index in [1.54, 1.807) is 0 Å². The average Bonchev–Trinajstić information content (AvgIpc) is 3.36. The topological polar surface area (TPSA) is 59.6 Å². The van der Waals surface area contributed by atoms with E-state index >= 15 is 0 Å². The van der Waals surface area contributed by atoms with Crippen LogP contribution < -0.4 is 10.6 Å². The summed E-state index contributed by atoms with van der Waals surface area (Å²) in [4.78, 5) is 13.1. The number of rotatable bonds is 11. The summed E-state index contributed by atoms with van der Waals surface area (Å²) in [7, 11) is 1.45. The molecule has 2 atom stereocenters. The van der Waals surface area contributed by atoms with Crippen molar-refractivity contribution in [2.45, 2.75) is 65.5 Å². The second kappa shape index (κ2) is 13.2. The molecule has 1 fully saturated rings. The summed E-state index contributed by atoms with van der Waals surface area (Å²) in [5.41, 5.74) is 7.41. The van der Waals surface area contributed by atoms with Gasteiger partial charge >= 0.3 is 225 Å². The van der Waals surface area contributed by atoms with Crippen LogP contribution in [0, 0.1) is 20.8 Å². The first-order valence-corrected chi connectivity index (χ1v) is 15.5. The van der Waals surface area contributed by atoms with Gasteiger partial charge in [-0.2, -0.15) is 0 Å². The van der Waals surface area contributed by atoms with E-state index in [1.165, 1.54) is 25.5 Å². The Bertz CT molecular complexity index is 975. The van der Waals surface area contributed by atoms with Crippen LogP contribution in [0.15, 0.2) is 28.7 Å². The summed E-state index contributed by atoms with van der Waals surface area (Å²) in [6, 6.07) is 8.95. The minimum atomic E-state index is -0.774. The number of hydrogen-bond acceptors (Lipinski definition) is 5. The molecule has 5 nitrogen and oxygen atoms in total. The summed E-state index contributed by atoms with van der Waals surface area (Å²) in [5, 5.41) is 7.23. The van der Waals surface area contributed by atoms with Gasteiger partial charge in [-0.15, -0.1) is 0 Å². The number of carbonyl (C=O) groups excluding carboxylic acids is 1. The fraction of sp³-hybridized carbons (Fsp3) is 0.519. The number of benzene rings is 2. The molecule has 0 amide bonds. The van der Waals surface area contributed by atoms with E-state index in [0.717, 1.165) is 68.3 Å². The van der Waals surface area contributed by atoms with E-state index in [9.17, 15) is 4.79 Å². The molecule has 0 radical (unpaired) electrons. The molecule has 7 heteroatoms. The molecule has 188 valence electrons. The number of carbonyl (C=O) groups is 1. The molecule has 0 saturated carbocycles. The van der Waals surface area contributed by atoms with Gasteiger partial charge in [0.25, 0.3) is 0 Å². The fourth-order valence-electron chi connectivity index (χ4n) is 4.40. The van der Waals surface area contributed by atoms with Crippen LogP contribution in [0.3, 0.4) is 0 Å². The molecule has 2 N–H and O–H groups in total. The van der Waals surface area contributed by atoms with Crippen LogP contribution >= 0.6 is 37.5 Å². The van der Waals surface area contributed by atoms with Crippen LogP contribution in [0.25, 0.3) is 11.1 Å². The Hall–Kier alpha value is -1.16. The van der Waals surface area contributed by atoms with Gasteiger partial charge in [0.1, 0.15) is 0 Å². The first-order valence-electron chi connectivity index (χ1n) is 12.1. The minimum absolute atomic E-state index is 0.330. The molecule has 2 aromatic carbocycles. The summed E-state index contributed by atoms with van der Waals surface area (Å²) < 4.78 is 13.7. The number of methoxy groups -OCH3 is 1. The van der Waals surface area contributed by atoms with E-state index in [-0.39, 0.29) is 5.97 Å². The molecular weight excluding hydrogens is 607 g/mol. The number of alkyl halides is 1. The molecule has 34 heavy (non-hydrogen) atoms. The number of anilines is 1. The second-order valence-electron chi connectivity index (χ2n) is 8.94. The quantitative estimate of drug-likeness (QED) is 0.121. The third-order valence-corrected chi connectivity index (χ3v) is 9.65. The Kier molecular flexibility index (Phi) is 10.7. The van der Waals surface area contributed by atoms with Crippen LogP contribution in [0.1, 0.15) is 61.0 Å². The molecule has 1 aliphatic rings. The molecule has 3 rings (SSSR count). The van der Waals surface area contributed by atoms with Crippen LogP contribution in [0.4, 0.5) is 5.69 Å². The molecule has 0 spiro atoms. The van der Waals surface area contributed by atoms with E-state index < -0.39 is 27.7 Å². The van der Waals surface area contributed by atoms with Gasteiger partial charge < -0.3 is 0 Å². The van der Waals surface area contributed by atoms with Crippen LogP contribution in [-0.2, 0) is 12.6 Å². The monoisotopic (exact) mass is 644 g/mol. The molecule has 0 unspecified atom stereocenters. The van der Waals surface area contributed by atoms with Gasteiger partial charge in [0.2, 0.25) is 0 Å². The summed E-state index contributed by atoms with van der Waals surface area (Å²) >= 11 is 3.11. The zero-order valence-corrected chi connectivity index (χ0v) is 24.8. The first kappa shape index (κ1) is 27.4. The first-order chi connectivity index (χ1) is 16.4. The standard InChI is InChI=1S/C27H38BrIN2O3/c1-6-7-14-29-34-26(27(32)33-5)23-19(4)25(31-16-21-9-8-15-30-21)24(28)18(3)22(23)20-12-10-17(2)11-13-20/h10-13,21,26,29-31H,6-9,14-16H2,1-5H3/t21-,26-/m0/s1. The van der Waals surface area contributed by atoms with Gasteiger partial charge in [-0.1, -0.05) is 0 Å². The van der Waals surface area contributed by atoms with Gasteiger partial charge in [0.15, 0.2) is 0 Å². The number of aryl methyl sites for hydroxylation is 1. The zero-order chi connectivity index (χ0) is 24.7. The van der Waals surface area contributed by atoms with Crippen molar-refractivity contribution in [3.8, 4) is 11.1 Å². The van der Waals surface area contributed by atoms with E-state index in [1.807, 2.05) is 0 Å².